The molecule has 2 aliphatic rings. The van der Waals surface area contributed by atoms with Crippen molar-refractivity contribution in [2.24, 2.45) is 5.16 Å². The number of ether oxygens (including phenoxy) is 5. The maximum Gasteiger partial charge on any atom is 0.356 e. The van der Waals surface area contributed by atoms with Crippen molar-refractivity contribution < 1.29 is 33.7 Å². The van der Waals surface area contributed by atoms with E-state index in [0.29, 0.717) is 6.61 Å². The Labute approximate surface area is 135 Å². The van der Waals surface area contributed by atoms with Gasteiger partial charge in [0.1, 0.15) is 12.2 Å². The zero-order valence-electron chi connectivity index (χ0n) is 14.2. The van der Waals surface area contributed by atoms with Gasteiger partial charge in [0.05, 0.1) is 19.3 Å². The lowest BCUT2D eigenvalue weighted by Crippen LogP contribution is -2.40. The lowest BCUT2D eigenvalue weighted by atomic mass is 10.0. The molecular formula is C15H25NO7. The molecule has 0 radical (unpaired) electrons. The minimum atomic E-state index is -0.833. The first-order chi connectivity index (χ1) is 10.7. The summed E-state index contributed by atoms with van der Waals surface area (Å²) in [4.78, 5) is 11.8. The molecular weight excluding hydrogens is 306 g/mol. The highest BCUT2D eigenvalue weighted by Crippen LogP contribution is 2.36. The molecule has 8 heteroatoms. The number of nitrogens with zero attached hydrogens (tertiary/aromatic N) is 1. The molecule has 132 valence electrons. The van der Waals surface area contributed by atoms with Gasteiger partial charge in [-0.25, -0.2) is 4.79 Å². The molecule has 0 amide bonds. The molecule has 2 heterocycles. The van der Waals surface area contributed by atoms with Gasteiger partial charge in [-0.05, 0) is 34.6 Å². The summed E-state index contributed by atoms with van der Waals surface area (Å²) in [6.07, 6.45) is -1.23. The van der Waals surface area contributed by atoms with Gasteiger partial charge >= 0.3 is 5.97 Å². The second-order valence-electron chi connectivity index (χ2n) is 6.48. The largest absolute Gasteiger partial charge is 0.461 e. The van der Waals surface area contributed by atoms with E-state index in [1.807, 2.05) is 13.8 Å². The third kappa shape index (κ3) is 4.41. The molecule has 0 aromatic rings. The lowest BCUT2D eigenvalue weighted by molar-refractivity contribution is -0.174. The second kappa shape index (κ2) is 6.72. The SMILES string of the molecule is CCOC(=O)C(C[C@H]1OC(C)(C)O[C@@H]1[C@H]1COC(C)(C)O1)=NO. The van der Waals surface area contributed by atoms with E-state index in [0.717, 1.165) is 0 Å². The summed E-state index contributed by atoms with van der Waals surface area (Å²) >= 11 is 0. The zero-order valence-corrected chi connectivity index (χ0v) is 14.2. The van der Waals surface area contributed by atoms with Crippen LogP contribution < -0.4 is 0 Å². The van der Waals surface area contributed by atoms with Crippen molar-refractivity contribution >= 4 is 11.7 Å². The summed E-state index contributed by atoms with van der Waals surface area (Å²) in [5.74, 6) is -2.20. The number of carbonyl (C=O) groups is 1. The van der Waals surface area contributed by atoms with Crippen LogP contribution in [0, 0.1) is 0 Å². The van der Waals surface area contributed by atoms with Gasteiger partial charge in [0.25, 0.3) is 0 Å². The average Bonchev–Trinajstić information content (AvgIpc) is 2.95. The summed E-state index contributed by atoms with van der Waals surface area (Å²) in [5.41, 5.74) is -0.110. The molecule has 23 heavy (non-hydrogen) atoms. The van der Waals surface area contributed by atoms with E-state index in [-0.39, 0.29) is 24.8 Å². The summed E-state index contributed by atoms with van der Waals surface area (Å²) in [6.45, 7) is 9.44. The first kappa shape index (κ1) is 18.1. The van der Waals surface area contributed by atoms with Gasteiger partial charge in [-0.15, -0.1) is 0 Å². The zero-order chi connectivity index (χ0) is 17.3. The van der Waals surface area contributed by atoms with E-state index in [2.05, 4.69) is 5.16 Å². The maximum atomic E-state index is 11.8. The standard InChI is InChI=1S/C15H25NO7/c1-6-19-13(17)9(16-18)7-10-12(23-15(4,5)21-10)11-8-20-14(2,3)22-11/h10-12,18H,6-8H2,1-5H3/t10-,11-,12+/m1/s1. The summed E-state index contributed by atoms with van der Waals surface area (Å²) < 4.78 is 28.0. The number of hydrogen-bond acceptors (Lipinski definition) is 8. The van der Waals surface area contributed by atoms with Gasteiger partial charge in [-0.2, -0.15) is 0 Å². The van der Waals surface area contributed by atoms with Crippen LogP contribution in [0.2, 0.25) is 0 Å². The Bertz CT molecular complexity index is 474. The smallest absolute Gasteiger partial charge is 0.356 e. The van der Waals surface area contributed by atoms with Crippen LogP contribution in [0.5, 0.6) is 0 Å². The molecule has 0 saturated carbocycles. The number of rotatable bonds is 5. The fourth-order valence-electron chi connectivity index (χ4n) is 2.78. The second-order valence-corrected chi connectivity index (χ2v) is 6.48. The van der Waals surface area contributed by atoms with E-state index < -0.39 is 29.8 Å². The van der Waals surface area contributed by atoms with Crippen LogP contribution >= 0.6 is 0 Å². The van der Waals surface area contributed by atoms with Gasteiger partial charge in [0.2, 0.25) is 0 Å². The molecule has 2 saturated heterocycles. The molecule has 0 aromatic carbocycles. The molecule has 0 aliphatic carbocycles. The third-order valence-electron chi connectivity index (χ3n) is 3.64. The highest BCUT2D eigenvalue weighted by atomic mass is 16.8. The van der Waals surface area contributed by atoms with Crippen molar-refractivity contribution in [2.45, 2.75) is 70.9 Å². The maximum absolute atomic E-state index is 11.8. The molecule has 0 bridgehead atoms. The molecule has 1 N–H and O–H groups in total. The minimum Gasteiger partial charge on any atom is -0.461 e. The van der Waals surface area contributed by atoms with E-state index in [1.165, 1.54) is 0 Å². The number of carbonyl (C=O) groups excluding carboxylic acids is 1. The molecule has 0 aromatic heterocycles. The summed E-state index contributed by atoms with van der Waals surface area (Å²) in [5, 5.41) is 12.1. The number of oxime groups is 1. The van der Waals surface area contributed by atoms with Gasteiger partial charge in [-0.1, -0.05) is 5.16 Å². The molecule has 2 rings (SSSR count). The van der Waals surface area contributed by atoms with E-state index in [1.54, 1.807) is 20.8 Å². The predicted octanol–water partition coefficient (Wildman–Crippen LogP) is 1.44. The van der Waals surface area contributed by atoms with Crippen molar-refractivity contribution in [1.82, 2.24) is 0 Å². The first-order valence-electron chi connectivity index (χ1n) is 7.73. The van der Waals surface area contributed by atoms with Crippen LogP contribution in [0.4, 0.5) is 0 Å². The van der Waals surface area contributed by atoms with Crippen molar-refractivity contribution in [1.29, 1.82) is 0 Å². The monoisotopic (exact) mass is 331 g/mol. The third-order valence-corrected chi connectivity index (χ3v) is 3.64. The van der Waals surface area contributed by atoms with Gasteiger partial charge < -0.3 is 28.9 Å². The Morgan fingerprint density at radius 2 is 1.91 bits per heavy atom. The van der Waals surface area contributed by atoms with Crippen LogP contribution in [0.25, 0.3) is 0 Å². The first-order valence-corrected chi connectivity index (χ1v) is 7.73. The van der Waals surface area contributed by atoms with E-state index in [9.17, 15) is 4.79 Å². The molecule has 8 nitrogen and oxygen atoms in total. The molecule has 0 spiro atoms. The predicted molar refractivity (Wildman–Crippen MR) is 79.2 cm³/mol. The van der Waals surface area contributed by atoms with Crippen LogP contribution in [0.15, 0.2) is 5.16 Å². The molecule has 0 unspecified atom stereocenters. The van der Waals surface area contributed by atoms with Crippen LogP contribution in [0.1, 0.15) is 41.0 Å². The van der Waals surface area contributed by atoms with Crippen LogP contribution in [-0.2, 0) is 28.5 Å². The Hall–Kier alpha value is -1.22. The van der Waals surface area contributed by atoms with Crippen molar-refractivity contribution in [3.05, 3.63) is 0 Å². The Balaban J connectivity index is 2.10. The van der Waals surface area contributed by atoms with Crippen molar-refractivity contribution in [3.8, 4) is 0 Å². The van der Waals surface area contributed by atoms with Crippen LogP contribution in [0.3, 0.4) is 0 Å². The topological polar surface area (TPSA) is 95.8 Å². The van der Waals surface area contributed by atoms with Crippen LogP contribution in [-0.4, -0.2) is 60.0 Å². The number of esters is 1. The Kier molecular flexibility index (Phi) is 5.30. The number of hydrogen-bond donors (Lipinski definition) is 1. The molecule has 2 fully saturated rings. The fourth-order valence-corrected chi connectivity index (χ4v) is 2.78. The normalized spacial score (nSPS) is 32.9. The quantitative estimate of drug-likeness (QED) is 0.352. The molecule has 3 atom stereocenters. The fraction of sp³-hybridized carbons (Fsp3) is 0.867. The van der Waals surface area contributed by atoms with E-state index >= 15 is 0 Å². The highest BCUT2D eigenvalue weighted by molar-refractivity contribution is 6.36. The van der Waals surface area contributed by atoms with Gasteiger partial charge in [0, 0.05) is 6.42 Å². The average molecular weight is 331 g/mol. The lowest BCUT2D eigenvalue weighted by Gasteiger charge is -2.23. The van der Waals surface area contributed by atoms with Gasteiger partial charge in [0.15, 0.2) is 17.3 Å². The van der Waals surface area contributed by atoms with Crippen molar-refractivity contribution in [2.75, 3.05) is 13.2 Å². The minimum absolute atomic E-state index is 0.0592. The molecule has 2 aliphatic heterocycles. The summed E-state index contributed by atoms with van der Waals surface area (Å²) in [7, 11) is 0. The van der Waals surface area contributed by atoms with E-state index in [4.69, 9.17) is 28.9 Å². The highest BCUT2D eigenvalue weighted by Gasteiger charge is 2.50. The Morgan fingerprint density at radius 3 is 2.43 bits per heavy atom. The Morgan fingerprint density at radius 1 is 1.22 bits per heavy atom. The van der Waals surface area contributed by atoms with Gasteiger partial charge in [-0.3, -0.25) is 0 Å². The summed E-state index contributed by atoms with van der Waals surface area (Å²) in [6, 6.07) is 0. The van der Waals surface area contributed by atoms with Crippen molar-refractivity contribution in [3.63, 3.8) is 0 Å².